The largest absolute Gasteiger partial charge is 0.313 e. The predicted octanol–water partition coefficient (Wildman–Crippen LogP) is 2.69. The molecule has 0 saturated heterocycles. The summed E-state index contributed by atoms with van der Waals surface area (Å²) >= 11 is 3.31. The summed E-state index contributed by atoms with van der Waals surface area (Å²) < 4.78 is 0. The highest BCUT2D eigenvalue weighted by atomic mass is 79.9. The number of nitriles is 1. The van der Waals surface area contributed by atoms with Crippen LogP contribution in [0.1, 0.15) is 18.9 Å². The van der Waals surface area contributed by atoms with Gasteiger partial charge in [-0.1, -0.05) is 35.0 Å². The van der Waals surface area contributed by atoms with Gasteiger partial charge in [-0.05, 0) is 18.6 Å². The number of hydrogen-bond acceptors (Lipinski definition) is 2. The van der Waals surface area contributed by atoms with Crippen LogP contribution in [0.5, 0.6) is 0 Å². The topological polar surface area (TPSA) is 44.1 Å². The van der Waals surface area contributed by atoms with Crippen molar-refractivity contribution in [2.75, 3.05) is 11.9 Å². The standard InChI is InChI=1S/C12H13BrN2O/c1-3-10(13)12(16)15(2)11-7-5-4-6-9(11)8-14/h4-7,10H,3H2,1-2H3. The van der Waals surface area contributed by atoms with E-state index in [0.717, 1.165) is 6.42 Å². The molecule has 0 heterocycles. The minimum atomic E-state index is -0.204. The molecule has 3 nitrogen and oxygen atoms in total. The number of nitrogens with zero attached hydrogens (tertiary/aromatic N) is 2. The van der Waals surface area contributed by atoms with Crippen LogP contribution in [0, 0.1) is 11.3 Å². The van der Waals surface area contributed by atoms with Crippen LogP contribution in [0.4, 0.5) is 5.69 Å². The van der Waals surface area contributed by atoms with Gasteiger partial charge in [-0.3, -0.25) is 4.79 Å². The van der Waals surface area contributed by atoms with Crippen LogP contribution in [-0.4, -0.2) is 17.8 Å². The fourth-order valence-corrected chi connectivity index (χ4v) is 1.67. The molecule has 1 unspecified atom stereocenters. The van der Waals surface area contributed by atoms with E-state index in [2.05, 4.69) is 22.0 Å². The SMILES string of the molecule is CCC(Br)C(=O)N(C)c1ccccc1C#N. The molecule has 4 heteroatoms. The Morgan fingerprint density at radius 3 is 2.75 bits per heavy atom. The maximum absolute atomic E-state index is 11.9. The van der Waals surface area contributed by atoms with Crippen molar-refractivity contribution in [3.63, 3.8) is 0 Å². The lowest BCUT2D eigenvalue weighted by atomic mass is 10.1. The van der Waals surface area contributed by atoms with Gasteiger partial charge < -0.3 is 4.90 Å². The zero-order valence-corrected chi connectivity index (χ0v) is 10.9. The number of carbonyl (C=O) groups is 1. The van der Waals surface area contributed by atoms with Crippen molar-refractivity contribution in [2.45, 2.75) is 18.2 Å². The molecule has 1 rings (SSSR count). The van der Waals surface area contributed by atoms with Gasteiger partial charge in [0.2, 0.25) is 5.91 Å². The first-order valence-corrected chi connectivity index (χ1v) is 5.94. The Bertz CT molecular complexity index is 425. The highest BCUT2D eigenvalue weighted by Gasteiger charge is 2.20. The van der Waals surface area contributed by atoms with Crippen molar-refractivity contribution >= 4 is 27.5 Å². The molecular formula is C12H13BrN2O. The third-order valence-electron chi connectivity index (χ3n) is 2.34. The van der Waals surface area contributed by atoms with E-state index >= 15 is 0 Å². The summed E-state index contributed by atoms with van der Waals surface area (Å²) in [6.07, 6.45) is 0.720. The molecular weight excluding hydrogens is 268 g/mol. The second kappa shape index (κ2) is 5.66. The third-order valence-corrected chi connectivity index (χ3v) is 3.38. The van der Waals surface area contributed by atoms with Crippen molar-refractivity contribution in [1.82, 2.24) is 0 Å². The van der Waals surface area contributed by atoms with Gasteiger partial charge in [0.25, 0.3) is 0 Å². The van der Waals surface area contributed by atoms with Crippen molar-refractivity contribution in [1.29, 1.82) is 5.26 Å². The minimum absolute atomic E-state index is 0.0369. The van der Waals surface area contributed by atoms with Gasteiger partial charge in [0.1, 0.15) is 6.07 Å². The molecule has 0 saturated carbocycles. The summed E-state index contributed by atoms with van der Waals surface area (Å²) in [6, 6.07) is 9.15. The van der Waals surface area contributed by atoms with Gasteiger partial charge in [0, 0.05) is 7.05 Å². The lowest BCUT2D eigenvalue weighted by molar-refractivity contribution is -0.117. The molecule has 0 radical (unpaired) electrons. The van der Waals surface area contributed by atoms with E-state index in [-0.39, 0.29) is 10.7 Å². The summed E-state index contributed by atoms with van der Waals surface area (Å²) in [6.45, 7) is 1.93. The fraction of sp³-hybridized carbons (Fsp3) is 0.333. The first-order chi connectivity index (χ1) is 7.61. The quantitative estimate of drug-likeness (QED) is 0.799. The summed E-state index contributed by atoms with van der Waals surface area (Å²) in [5, 5.41) is 8.95. The predicted molar refractivity (Wildman–Crippen MR) is 67.6 cm³/mol. The normalized spacial score (nSPS) is 11.6. The number of benzene rings is 1. The van der Waals surface area contributed by atoms with E-state index in [0.29, 0.717) is 11.3 Å². The van der Waals surface area contributed by atoms with Crippen LogP contribution in [-0.2, 0) is 4.79 Å². The van der Waals surface area contributed by atoms with Crippen LogP contribution in [0.2, 0.25) is 0 Å². The molecule has 0 aromatic heterocycles. The van der Waals surface area contributed by atoms with Gasteiger partial charge in [-0.2, -0.15) is 5.26 Å². The summed E-state index contributed by atoms with van der Waals surface area (Å²) in [5.74, 6) is -0.0369. The summed E-state index contributed by atoms with van der Waals surface area (Å²) in [5.41, 5.74) is 1.15. The molecule has 16 heavy (non-hydrogen) atoms. The van der Waals surface area contributed by atoms with Crippen molar-refractivity contribution in [3.8, 4) is 6.07 Å². The Morgan fingerprint density at radius 1 is 1.56 bits per heavy atom. The number of hydrogen-bond donors (Lipinski definition) is 0. The number of carbonyl (C=O) groups excluding carboxylic acids is 1. The number of para-hydroxylation sites is 1. The highest BCUT2D eigenvalue weighted by molar-refractivity contribution is 9.10. The van der Waals surface area contributed by atoms with E-state index in [1.807, 2.05) is 13.0 Å². The monoisotopic (exact) mass is 280 g/mol. The van der Waals surface area contributed by atoms with Crippen molar-refractivity contribution < 1.29 is 4.79 Å². The number of anilines is 1. The Morgan fingerprint density at radius 2 is 2.19 bits per heavy atom. The molecule has 0 N–H and O–H groups in total. The maximum Gasteiger partial charge on any atom is 0.240 e. The number of rotatable bonds is 3. The van der Waals surface area contributed by atoms with E-state index in [9.17, 15) is 4.79 Å². The third kappa shape index (κ3) is 2.61. The van der Waals surface area contributed by atoms with Gasteiger partial charge in [0.05, 0.1) is 16.1 Å². The first-order valence-electron chi connectivity index (χ1n) is 5.02. The van der Waals surface area contributed by atoms with Gasteiger partial charge in [-0.15, -0.1) is 0 Å². The molecule has 0 spiro atoms. The van der Waals surface area contributed by atoms with E-state index in [4.69, 9.17) is 5.26 Å². The smallest absolute Gasteiger partial charge is 0.240 e. The van der Waals surface area contributed by atoms with E-state index in [1.54, 1.807) is 25.2 Å². The van der Waals surface area contributed by atoms with Crippen LogP contribution in [0.25, 0.3) is 0 Å². The molecule has 0 fully saturated rings. The Kier molecular flexibility index (Phi) is 4.51. The lowest BCUT2D eigenvalue weighted by Crippen LogP contribution is -2.33. The van der Waals surface area contributed by atoms with E-state index < -0.39 is 0 Å². The van der Waals surface area contributed by atoms with Gasteiger partial charge >= 0.3 is 0 Å². The zero-order valence-electron chi connectivity index (χ0n) is 9.27. The lowest BCUT2D eigenvalue weighted by Gasteiger charge is -2.20. The molecule has 1 aromatic rings. The average molecular weight is 281 g/mol. The molecule has 0 bridgehead atoms. The maximum atomic E-state index is 11.9. The molecule has 84 valence electrons. The summed E-state index contributed by atoms with van der Waals surface area (Å²) in [4.78, 5) is 13.2. The minimum Gasteiger partial charge on any atom is -0.313 e. The molecule has 1 atom stereocenters. The van der Waals surface area contributed by atoms with Crippen LogP contribution < -0.4 is 4.90 Å². The van der Waals surface area contributed by atoms with Crippen LogP contribution in [0.3, 0.4) is 0 Å². The second-order valence-corrected chi connectivity index (χ2v) is 4.51. The molecule has 0 aliphatic heterocycles. The molecule has 0 aliphatic carbocycles. The first kappa shape index (κ1) is 12.7. The number of halogens is 1. The highest BCUT2D eigenvalue weighted by Crippen LogP contribution is 2.20. The number of amides is 1. The van der Waals surface area contributed by atoms with Crippen LogP contribution >= 0.6 is 15.9 Å². The van der Waals surface area contributed by atoms with Crippen molar-refractivity contribution in [2.24, 2.45) is 0 Å². The van der Waals surface area contributed by atoms with Crippen molar-refractivity contribution in [3.05, 3.63) is 29.8 Å². The zero-order chi connectivity index (χ0) is 12.1. The average Bonchev–Trinajstić information content (AvgIpc) is 2.35. The molecule has 0 aliphatic rings. The Hall–Kier alpha value is -1.34. The van der Waals surface area contributed by atoms with Gasteiger partial charge in [0.15, 0.2) is 0 Å². The molecule has 1 amide bonds. The second-order valence-electron chi connectivity index (χ2n) is 3.40. The van der Waals surface area contributed by atoms with E-state index in [1.165, 1.54) is 4.90 Å². The summed E-state index contributed by atoms with van der Waals surface area (Å²) in [7, 11) is 1.68. The Labute approximate surface area is 104 Å². The number of alkyl halides is 1. The van der Waals surface area contributed by atoms with Gasteiger partial charge in [-0.25, -0.2) is 0 Å². The van der Waals surface area contributed by atoms with Crippen LogP contribution in [0.15, 0.2) is 24.3 Å². The molecule has 1 aromatic carbocycles. The Balaban J connectivity index is 3.01. The fourth-order valence-electron chi connectivity index (χ4n) is 1.36.